The summed E-state index contributed by atoms with van der Waals surface area (Å²) >= 11 is 0. The van der Waals surface area contributed by atoms with E-state index in [9.17, 15) is 21.6 Å². The minimum absolute atomic E-state index is 0.0463. The molecule has 0 fully saturated rings. The topological polar surface area (TPSA) is 111 Å². The smallest absolute Gasteiger partial charge is 0.475 e. The van der Waals surface area contributed by atoms with E-state index in [1.807, 2.05) is 60.3 Å². The third kappa shape index (κ3) is 8.18. The summed E-state index contributed by atoms with van der Waals surface area (Å²) in [4.78, 5) is 8.90. The van der Waals surface area contributed by atoms with Crippen LogP contribution in [0.4, 0.5) is 13.2 Å². The Balaban J connectivity index is 0.000000454. The average Bonchev–Trinajstić information content (AvgIpc) is 3.22. The first-order chi connectivity index (χ1) is 16.9. The Morgan fingerprint density at radius 1 is 1.14 bits per heavy atom. The van der Waals surface area contributed by atoms with Crippen LogP contribution in [0.1, 0.15) is 34.1 Å². The van der Waals surface area contributed by atoms with Crippen molar-refractivity contribution in [1.82, 2.24) is 14.5 Å². The zero-order chi connectivity index (χ0) is 26.3. The van der Waals surface area contributed by atoms with Gasteiger partial charge in [0, 0.05) is 12.7 Å². The van der Waals surface area contributed by atoms with Gasteiger partial charge in [0.25, 0.3) is 0 Å². The van der Waals surface area contributed by atoms with E-state index < -0.39 is 22.2 Å². The van der Waals surface area contributed by atoms with E-state index >= 15 is 0 Å². The molecular weight excluding hydrogens is 499 g/mol. The Morgan fingerprint density at radius 3 is 2.39 bits per heavy atom. The molecule has 0 bridgehead atoms. The maximum Gasteiger partial charge on any atom is 0.490 e. The van der Waals surface area contributed by atoms with Crippen LogP contribution in [0.3, 0.4) is 0 Å². The normalized spacial score (nSPS) is 15.5. The summed E-state index contributed by atoms with van der Waals surface area (Å²) in [5, 5.41) is 11.8. The molecule has 0 saturated heterocycles. The van der Waals surface area contributed by atoms with Crippen LogP contribution in [-0.2, 0) is 38.3 Å². The van der Waals surface area contributed by atoms with Gasteiger partial charge in [0.2, 0.25) is 10.0 Å². The Hall–Kier alpha value is -3.22. The lowest BCUT2D eigenvalue weighted by Crippen LogP contribution is -2.32. The summed E-state index contributed by atoms with van der Waals surface area (Å²) in [6, 6.07) is 17.7. The van der Waals surface area contributed by atoms with Crippen molar-refractivity contribution in [3.63, 3.8) is 0 Å². The number of hydrogen-bond donors (Lipinski definition) is 2. The fourth-order valence-corrected chi connectivity index (χ4v) is 4.63. The van der Waals surface area contributed by atoms with Crippen molar-refractivity contribution in [2.75, 3.05) is 13.2 Å². The van der Waals surface area contributed by atoms with Gasteiger partial charge in [-0.2, -0.15) is 18.3 Å². The van der Waals surface area contributed by atoms with Crippen LogP contribution in [-0.4, -0.2) is 48.6 Å². The average molecular weight is 526 g/mol. The summed E-state index contributed by atoms with van der Waals surface area (Å²) in [6.07, 6.45) is -2.63. The predicted octanol–water partition coefficient (Wildman–Crippen LogP) is 3.61. The number of carboxylic acids is 1. The zero-order valence-electron chi connectivity index (χ0n) is 19.4. The van der Waals surface area contributed by atoms with Crippen molar-refractivity contribution in [2.24, 2.45) is 0 Å². The number of aliphatic carboxylic acids is 1. The van der Waals surface area contributed by atoms with Crippen LogP contribution in [0.5, 0.6) is 0 Å². The van der Waals surface area contributed by atoms with E-state index in [4.69, 9.17) is 14.6 Å². The molecule has 1 aliphatic heterocycles. The number of benzene rings is 2. The fourth-order valence-electron chi connectivity index (χ4n) is 3.50. The number of halogens is 3. The molecule has 0 amide bonds. The molecule has 2 N–H and O–H groups in total. The highest BCUT2D eigenvalue weighted by Crippen LogP contribution is 2.26. The van der Waals surface area contributed by atoms with Gasteiger partial charge in [0.05, 0.1) is 24.6 Å². The number of hydrogen-bond acceptors (Lipinski definition) is 5. The van der Waals surface area contributed by atoms with E-state index in [1.165, 1.54) is 5.56 Å². The zero-order valence-corrected chi connectivity index (χ0v) is 20.2. The molecule has 4 rings (SSSR count). The van der Waals surface area contributed by atoms with Crippen LogP contribution in [0, 0.1) is 6.92 Å². The SMILES string of the molecule is Cc1ccc(CS(=O)(=O)NCC2OCCc3cn(Cc4ccccc4)nc32)cc1.O=C(O)C(F)(F)F. The molecule has 12 heteroatoms. The van der Waals surface area contributed by atoms with E-state index in [0.29, 0.717) is 13.2 Å². The summed E-state index contributed by atoms with van der Waals surface area (Å²) in [5.74, 6) is -2.80. The van der Waals surface area contributed by atoms with Gasteiger partial charge < -0.3 is 9.84 Å². The standard InChI is InChI=1S/C22H25N3O3S.C2HF3O2/c1-17-7-9-19(10-8-17)16-29(26,27)23-13-21-22-20(11-12-28-21)15-25(24-22)14-18-5-3-2-4-6-18;3-2(4,5)1(6)7/h2-10,15,21,23H,11-14,16H2,1H3;(H,6,7). The number of nitrogens with zero attached hydrogens (tertiary/aromatic N) is 2. The number of nitrogens with one attached hydrogen (secondary N) is 1. The van der Waals surface area contributed by atoms with Crippen LogP contribution in [0.25, 0.3) is 0 Å². The summed E-state index contributed by atoms with van der Waals surface area (Å²) in [6.45, 7) is 3.41. The highest BCUT2D eigenvalue weighted by Gasteiger charge is 2.38. The highest BCUT2D eigenvalue weighted by molar-refractivity contribution is 7.88. The number of carbonyl (C=O) groups is 1. The maximum absolute atomic E-state index is 12.5. The maximum atomic E-state index is 12.5. The quantitative estimate of drug-likeness (QED) is 0.488. The van der Waals surface area contributed by atoms with E-state index in [-0.39, 0.29) is 18.4 Å². The van der Waals surface area contributed by atoms with E-state index in [1.54, 1.807) is 0 Å². The van der Waals surface area contributed by atoms with E-state index in [0.717, 1.165) is 28.8 Å². The third-order valence-corrected chi connectivity index (χ3v) is 6.58. The molecule has 1 unspecified atom stereocenters. The first-order valence-corrected chi connectivity index (χ1v) is 12.6. The Kier molecular flexibility index (Phi) is 8.88. The molecule has 1 aliphatic rings. The number of fused-ring (bicyclic) bond motifs is 1. The molecule has 1 aromatic heterocycles. The molecule has 2 heterocycles. The fraction of sp³-hybridized carbons (Fsp3) is 0.333. The van der Waals surface area contributed by atoms with Crippen molar-refractivity contribution in [1.29, 1.82) is 0 Å². The number of sulfonamides is 1. The Morgan fingerprint density at radius 2 is 1.78 bits per heavy atom. The number of aryl methyl sites for hydroxylation is 1. The lowest BCUT2D eigenvalue weighted by atomic mass is 10.1. The van der Waals surface area contributed by atoms with Crippen LogP contribution < -0.4 is 4.72 Å². The third-order valence-electron chi connectivity index (χ3n) is 5.26. The van der Waals surface area contributed by atoms with Crippen LogP contribution >= 0.6 is 0 Å². The predicted molar refractivity (Wildman–Crippen MR) is 126 cm³/mol. The molecule has 0 saturated carbocycles. The van der Waals surface area contributed by atoms with Crippen molar-refractivity contribution in [2.45, 2.75) is 37.9 Å². The molecular formula is C24H26F3N3O5S. The minimum atomic E-state index is -5.08. The van der Waals surface area contributed by atoms with Crippen molar-refractivity contribution in [3.8, 4) is 0 Å². The van der Waals surface area contributed by atoms with E-state index in [2.05, 4.69) is 22.0 Å². The minimum Gasteiger partial charge on any atom is -0.475 e. The lowest BCUT2D eigenvalue weighted by Gasteiger charge is -2.22. The van der Waals surface area contributed by atoms with Crippen molar-refractivity contribution >= 4 is 16.0 Å². The second-order valence-electron chi connectivity index (χ2n) is 8.23. The van der Waals surface area contributed by atoms with Gasteiger partial charge in [-0.3, -0.25) is 4.68 Å². The highest BCUT2D eigenvalue weighted by atomic mass is 32.2. The van der Waals surface area contributed by atoms with Gasteiger partial charge in [-0.05, 0) is 30.0 Å². The number of alkyl halides is 3. The van der Waals surface area contributed by atoms with Crippen molar-refractivity contribution in [3.05, 3.63) is 88.7 Å². The largest absolute Gasteiger partial charge is 0.490 e. The molecule has 1 atom stereocenters. The Bertz CT molecular complexity index is 1260. The Labute approximate surface area is 206 Å². The first-order valence-electron chi connectivity index (χ1n) is 11.0. The van der Waals surface area contributed by atoms with Gasteiger partial charge in [-0.25, -0.2) is 17.9 Å². The first kappa shape index (κ1) is 27.4. The number of carboxylic acid groups (broad SMARTS) is 1. The van der Waals surface area contributed by atoms with Gasteiger partial charge in [0.15, 0.2) is 0 Å². The second kappa shape index (κ2) is 11.7. The van der Waals surface area contributed by atoms with Crippen molar-refractivity contribution < 1.29 is 36.2 Å². The molecule has 194 valence electrons. The molecule has 8 nitrogen and oxygen atoms in total. The van der Waals surface area contributed by atoms with Gasteiger partial charge in [-0.1, -0.05) is 60.2 Å². The monoisotopic (exact) mass is 525 g/mol. The molecule has 3 aromatic rings. The number of aromatic nitrogens is 2. The molecule has 0 aliphatic carbocycles. The molecule has 0 spiro atoms. The van der Waals surface area contributed by atoms with Crippen LogP contribution in [0.15, 0.2) is 60.8 Å². The van der Waals surface area contributed by atoms with Crippen LogP contribution in [0.2, 0.25) is 0 Å². The molecule has 36 heavy (non-hydrogen) atoms. The molecule has 0 radical (unpaired) electrons. The number of ether oxygens (including phenoxy) is 1. The van der Waals surface area contributed by atoms with Gasteiger partial charge >= 0.3 is 12.1 Å². The summed E-state index contributed by atoms with van der Waals surface area (Å²) in [7, 11) is -3.46. The van der Waals surface area contributed by atoms with Gasteiger partial charge in [-0.15, -0.1) is 0 Å². The van der Waals surface area contributed by atoms with Gasteiger partial charge in [0.1, 0.15) is 6.10 Å². The molecule has 2 aromatic carbocycles. The summed E-state index contributed by atoms with van der Waals surface area (Å²) in [5.41, 5.74) is 4.98. The summed E-state index contributed by atoms with van der Waals surface area (Å²) < 4.78 is 67.1. The number of rotatable bonds is 7. The lowest BCUT2D eigenvalue weighted by molar-refractivity contribution is -0.192. The second-order valence-corrected chi connectivity index (χ2v) is 10.0.